The topological polar surface area (TPSA) is 44.8 Å². The Bertz CT molecular complexity index is 933. The first-order chi connectivity index (χ1) is 14.4. The SMILES string of the molecule is COc1cccc(C2=CC(=O)N3C=C(N4CC(C)NC(C)C4)C=CC3=CCC2C)c1. The first-order valence-corrected chi connectivity index (χ1v) is 10.7. The summed E-state index contributed by atoms with van der Waals surface area (Å²) in [5.41, 5.74) is 4.12. The lowest BCUT2D eigenvalue weighted by Crippen LogP contribution is -2.53. The van der Waals surface area contributed by atoms with Gasteiger partial charge in [-0.15, -0.1) is 0 Å². The minimum atomic E-state index is -0.0105. The average Bonchev–Trinajstić information content (AvgIpc) is 2.74. The lowest BCUT2D eigenvalue weighted by molar-refractivity contribution is -0.122. The molecule has 5 nitrogen and oxygen atoms in total. The number of rotatable bonds is 3. The number of allylic oxidation sites excluding steroid dienone is 4. The Morgan fingerprint density at radius 2 is 1.80 bits per heavy atom. The van der Waals surface area contributed by atoms with Gasteiger partial charge in [-0.25, -0.2) is 0 Å². The van der Waals surface area contributed by atoms with Gasteiger partial charge in [-0.1, -0.05) is 25.1 Å². The fraction of sp³-hybridized carbons (Fsp3) is 0.400. The Labute approximate surface area is 179 Å². The highest BCUT2D eigenvalue weighted by Crippen LogP contribution is 2.33. The Balaban J connectivity index is 1.65. The monoisotopic (exact) mass is 405 g/mol. The van der Waals surface area contributed by atoms with Crippen LogP contribution in [0.2, 0.25) is 0 Å². The number of methoxy groups -OCH3 is 1. The molecule has 1 N–H and O–H groups in total. The van der Waals surface area contributed by atoms with Crippen molar-refractivity contribution in [2.45, 2.75) is 39.3 Å². The van der Waals surface area contributed by atoms with Crippen LogP contribution in [0.15, 0.2) is 66.2 Å². The third-order valence-corrected chi connectivity index (χ3v) is 6.02. The molecule has 3 aliphatic heterocycles. The molecule has 3 unspecified atom stereocenters. The van der Waals surface area contributed by atoms with Crippen LogP contribution >= 0.6 is 0 Å². The standard InChI is InChI=1S/C25H31N3O2/c1-17-8-9-21-10-11-22(27-14-18(2)26-19(3)15-27)16-28(21)25(29)13-24(17)20-6-5-7-23(12-20)30-4/h5-7,9-13,16-19,26H,8,14-15H2,1-4H3. The van der Waals surface area contributed by atoms with Gasteiger partial charge in [0.2, 0.25) is 0 Å². The number of nitrogens with zero attached hydrogens (tertiary/aromatic N) is 2. The van der Waals surface area contributed by atoms with Crippen molar-refractivity contribution in [2.24, 2.45) is 5.92 Å². The number of fused-ring (bicyclic) bond motifs is 1. The van der Waals surface area contributed by atoms with Gasteiger partial charge in [0, 0.05) is 43.1 Å². The van der Waals surface area contributed by atoms with Crippen molar-refractivity contribution < 1.29 is 9.53 Å². The third-order valence-electron chi connectivity index (χ3n) is 6.02. The van der Waals surface area contributed by atoms with E-state index in [9.17, 15) is 4.79 Å². The molecule has 0 aromatic heterocycles. The van der Waals surface area contributed by atoms with Crippen molar-refractivity contribution in [3.8, 4) is 5.75 Å². The summed E-state index contributed by atoms with van der Waals surface area (Å²) in [6, 6.07) is 8.79. The maximum atomic E-state index is 13.3. The summed E-state index contributed by atoms with van der Waals surface area (Å²) < 4.78 is 5.38. The smallest absolute Gasteiger partial charge is 0.255 e. The van der Waals surface area contributed by atoms with E-state index in [0.29, 0.717) is 12.1 Å². The molecule has 1 saturated heterocycles. The van der Waals surface area contributed by atoms with Gasteiger partial charge >= 0.3 is 0 Å². The van der Waals surface area contributed by atoms with Crippen molar-refractivity contribution in [1.82, 2.24) is 15.1 Å². The maximum absolute atomic E-state index is 13.3. The summed E-state index contributed by atoms with van der Waals surface area (Å²) in [5.74, 6) is 1.03. The Hall–Kier alpha value is -2.79. The molecule has 1 amide bonds. The van der Waals surface area contributed by atoms with E-state index in [0.717, 1.165) is 47.8 Å². The summed E-state index contributed by atoms with van der Waals surface area (Å²) in [6.45, 7) is 8.44. The van der Waals surface area contributed by atoms with Gasteiger partial charge in [0.15, 0.2) is 0 Å². The van der Waals surface area contributed by atoms with E-state index in [1.165, 1.54) is 0 Å². The van der Waals surface area contributed by atoms with Gasteiger partial charge in [-0.2, -0.15) is 0 Å². The van der Waals surface area contributed by atoms with Crippen LogP contribution in [0.3, 0.4) is 0 Å². The summed E-state index contributed by atoms with van der Waals surface area (Å²) in [7, 11) is 1.67. The molecule has 1 aromatic carbocycles. The number of nitrogens with one attached hydrogen (secondary N) is 1. The number of hydrogen-bond acceptors (Lipinski definition) is 4. The summed E-state index contributed by atoms with van der Waals surface area (Å²) in [6.07, 6.45) is 11.0. The van der Waals surface area contributed by atoms with Crippen LogP contribution in [-0.2, 0) is 4.79 Å². The van der Waals surface area contributed by atoms with Crippen molar-refractivity contribution in [2.75, 3.05) is 20.2 Å². The number of ether oxygens (including phenoxy) is 1. The van der Waals surface area contributed by atoms with E-state index in [4.69, 9.17) is 4.74 Å². The molecule has 0 saturated carbocycles. The minimum absolute atomic E-state index is 0.0105. The molecule has 4 rings (SSSR count). The zero-order valence-electron chi connectivity index (χ0n) is 18.3. The molecule has 3 heterocycles. The first kappa shape index (κ1) is 20.5. The van der Waals surface area contributed by atoms with Crippen molar-refractivity contribution in [3.05, 3.63) is 71.7 Å². The van der Waals surface area contributed by atoms with Gasteiger partial charge in [-0.05, 0) is 61.6 Å². The molecule has 5 heteroatoms. The number of benzene rings is 1. The first-order valence-electron chi connectivity index (χ1n) is 10.7. The predicted molar refractivity (Wildman–Crippen MR) is 121 cm³/mol. The van der Waals surface area contributed by atoms with Crippen molar-refractivity contribution >= 4 is 11.5 Å². The van der Waals surface area contributed by atoms with E-state index < -0.39 is 0 Å². The lowest BCUT2D eigenvalue weighted by atomic mass is 9.89. The second-order valence-electron chi connectivity index (χ2n) is 8.57. The number of carbonyl (C=O) groups is 1. The normalized spacial score (nSPS) is 26.9. The summed E-state index contributed by atoms with van der Waals surface area (Å²) >= 11 is 0. The average molecular weight is 406 g/mol. The molecule has 158 valence electrons. The van der Waals surface area contributed by atoms with Crippen molar-refractivity contribution in [1.29, 1.82) is 0 Å². The number of hydrogen-bond donors (Lipinski definition) is 1. The molecule has 0 bridgehead atoms. The highest BCUT2D eigenvalue weighted by Gasteiger charge is 2.27. The third kappa shape index (κ3) is 4.21. The van der Waals surface area contributed by atoms with Crippen LogP contribution in [0.25, 0.3) is 5.57 Å². The van der Waals surface area contributed by atoms with Crippen LogP contribution in [0.4, 0.5) is 0 Å². The highest BCUT2D eigenvalue weighted by molar-refractivity contribution is 5.98. The summed E-state index contributed by atoms with van der Waals surface area (Å²) in [4.78, 5) is 17.5. The fourth-order valence-corrected chi connectivity index (χ4v) is 4.52. The van der Waals surface area contributed by atoms with Crippen LogP contribution in [0, 0.1) is 5.92 Å². The highest BCUT2D eigenvalue weighted by atomic mass is 16.5. The number of carbonyl (C=O) groups excluding carboxylic acids is 1. The lowest BCUT2D eigenvalue weighted by Gasteiger charge is -2.39. The zero-order chi connectivity index (χ0) is 21.3. The second-order valence-corrected chi connectivity index (χ2v) is 8.57. The Morgan fingerprint density at radius 3 is 2.53 bits per heavy atom. The van der Waals surface area contributed by atoms with Gasteiger partial charge in [0.1, 0.15) is 5.75 Å². The predicted octanol–water partition coefficient (Wildman–Crippen LogP) is 3.92. The van der Waals surface area contributed by atoms with Gasteiger partial charge in [0.05, 0.1) is 12.8 Å². The van der Waals surface area contributed by atoms with E-state index >= 15 is 0 Å². The molecule has 0 aliphatic carbocycles. The van der Waals surface area contributed by atoms with Gasteiger partial charge < -0.3 is 15.0 Å². The van der Waals surface area contributed by atoms with Crippen LogP contribution < -0.4 is 10.1 Å². The minimum Gasteiger partial charge on any atom is -0.497 e. The molecular weight excluding hydrogens is 374 g/mol. The molecule has 1 fully saturated rings. The Morgan fingerprint density at radius 1 is 1.07 bits per heavy atom. The zero-order valence-corrected chi connectivity index (χ0v) is 18.3. The number of piperazine rings is 1. The molecule has 0 spiro atoms. The van der Waals surface area contributed by atoms with Crippen LogP contribution in [0.1, 0.15) is 32.8 Å². The van der Waals surface area contributed by atoms with Crippen molar-refractivity contribution in [3.63, 3.8) is 0 Å². The number of amides is 1. The van der Waals surface area contributed by atoms with E-state index in [-0.39, 0.29) is 11.8 Å². The largest absolute Gasteiger partial charge is 0.497 e. The maximum Gasteiger partial charge on any atom is 0.255 e. The van der Waals surface area contributed by atoms with E-state index in [1.54, 1.807) is 18.1 Å². The Kier molecular flexibility index (Phi) is 5.82. The van der Waals surface area contributed by atoms with Gasteiger partial charge in [-0.3, -0.25) is 9.69 Å². The summed E-state index contributed by atoms with van der Waals surface area (Å²) in [5, 5.41) is 3.57. The van der Waals surface area contributed by atoms with Gasteiger partial charge in [0.25, 0.3) is 5.91 Å². The van der Waals surface area contributed by atoms with E-state index in [2.05, 4.69) is 49.2 Å². The molecule has 3 atom stereocenters. The molecule has 3 aliphatic rings. The molecular formula is C25H31N3O2. The fourth-order valence-electron chi connectivity index (χ4n) is 4.52. The van der Waals surface area contributed by atoms with E-state index in [1.807, 2.05) is 30.5 Å². The van der Waals surface area contributed by atoms with Crippen LogP contribution in [-0.4, -0.2) is 48.0 Å². The van der Waals surface area contributed by atoms with Crippen LogP contribution in [0.5, 0.6) is 5.75 Å². The molecule has 30 heavy (non-hydrogen) atoms. The second kappa shape index (κ2) is 8.52. The quantitative estimate of drug-likeness (QED) is 0.828. The molecule has 0 radical (unpaired) electrons. The molecule has 1 aromatic rings.